The lowest BCUT2D eigenvalue weighted by Gasteiger charge is -2.27. The summed E-state index contributed by atoms with van der Waals surface area (Å²) in [5, 5.41) is 18.4. The van der Waals surface area contributed by atoms with E-state index in [1.807, 2.05) is 48.0 Å². The third kappa shape index (κ3) is 7.32. The van der Waals surface area contributed by atoms with Gasteiger partial charge in [-0.1, -0.05) is 23.7 Å². The molecule has 0 spiro atoms. The molecule has 0 radical (unpaired) electrons. The lowest BCUT2D eigenvalue weighted by atomic mass is 9.92. The van der Waals surface area contributed by atoms with Crippen molar-refractivity contribution in [3.63, 3.8) is 0 Å². The van der Waals surface area contributed by atoms with Gasteiger partial charge in [-0.05, 0) is 70.8 Å². The molecule has 10 nitrogen and oxygen atoms in total. The number of piperazine rings is 1. The molecule has 1 saturated heterocycles. The monoisotopic (exact) mass is 608 g/mol. The molecule has 1 aliphatic heterocycles. The molecule has 1 atom stereocenters. The summed E-state index contributed by atoms with van der Waals surface area (Å²) in [6, 6.07) is 18.3. The van der Waals surface area contributed by atoms with E-state index in [1.165, 1.54) is 6.92 Å². The number of pyridine rings is 1. The molecular formula is C33H33ClN8O2. The molecule has 3 amide bonds. The number of fused-ring (bicyclic) bond motifs is 2. The third-order valence-electron chi connectivity index (χ3n) is 7.46. The number of hydrogen-bond acceptors (Lipinski definition) is 6. The predicted octanol–water partition coefficient (Wildman–Crippen LogP) is 4.79. The molecular weight excluding hydrogens is 576 g/mol. The molecule has 1 aliphatic carbocycles. The second kappa shape index (κ2) is 14.0. The minimum absolute atomic E-state index is 0.0868. The van der Waals surface area contributed by atoms with Crippen LogP contribution in [0.25, 0.3) is 11.6 Å². The summed E-state index contributed by atoms with van der Waals surface area (Å²) < 4.78 is 1.92. The highest BCUT2D eigenvalue weighted by Gasteiger charge is 2.26. The van der Waals surface area contributed by atoms with Gasteiger partial charge in [0, 0.05) is 63.5 Å². The minimum atomic E-state index is -0.349. The SMILES string of the molecule is CC(=O)NC(C1=Cc2cccnc2Cc2ccc(Cl)cc21)c1cncn1C.N#Cc1ccc(NC(=O)N2CCNCC2)cc1. The van der Waals surface area contributed by atoms with Gasteiger partial charge in [-0.15, -0.1) is 0 Å². The molecule has 2 aliphatic rings. The number of rotatable bonds is 4. The minimum Gasteiger partial charge on any atom is -0.344 e. The Kier molecular flexibility index (Phi) is 9.69. The number of nitrogens with one attached hydrogen (secondary N) is 3. The first-order valence-electron chi connectivity index (χ1n) is 14.3. The lowest BCUT2D eigenvalue weighted by molar-refractivity contribution is -0.119. The second-order valence-corrected chi connectivity index (χ2v) is 11.0. The molecule has 3 heterocycles. The van der Waals surface area contributed by atoms with Crippen LogP contribution in [-0.4, -0.2) is 57.6 Å². The summed E-state index contributed by atoms with van der Waals surface area (Å²) in [6.45, 7) is 4.64. The Hall–Kier alpha value is -4.98. The van der Waals surface area contributed by atoms with E-state index in [1.54, 1.807) is 47.9 Å². The zero-order valence-electron chi connectivity index (χ0n) is 24.5. The summed E-state index contributed by atoms with van der Waals surface area (Å²) in [4.78, 5) is 34.4. The summed E-state index contributed by atoms with van der Waals surface area (Å²) in [6.07, 6.45) is 8.12. The molecule has 2 aromatic carbocycles. The number of aryl methyl sites for hydroxylation is 1. The van der Waals surface area contributed by atoms with Crippen LogP contribution in [0, 0.1) is 11.3 Å². The molecule has 4 aromatic rings. The topological polar surface area (TPSA) is 128 Å². The van der Waals surface area contributed by atoms with E-state index < -0.39 is 0 Å². The zero-order chi connectivity index (χ0) is 31.1. The summed E-state index contributed by atoms with van der Waals surface area (Å²) >= 11 is 6.33. The number of halogens is 1. The smallest absolute Gasteiger partial charge is 0.321 e. The van der Waals surface area contributed by atoms with Gasteiger partial charge in [-0.25, -0.2) is 9.78 Å². The Labute approximate surface area is 261 Å². The first kappa shape index (κ1) is 30.5. The van der Waals surface area contributed by atoms with Crippen molar-refractivity contribution in [1.29, 1.82) is 5.26 Å². The van der Waals surface area contributed by atoms with Gasteiger partial charge in [0.15, 0.2) is 0 Å². The molecule has 3 N–H and O–H groups in total. The average Bonchev–Trinajstić information content (AvgIpc) is 3.39. The van der Waals surface area contributed by atoms with Crippen molar-refractivity contribution >= 4 is 40.9 Å². The van der Waals surface area contributed by atoms with E-state index in [4.69, 9.17) is 16.9 Å². The van der Waals surface area contributed by atoms with Crippen molar-refractivity contribution in [3.05, 3.63) is 112 Å². The van der Waals surface area contributed by atoms with Crippen molar-refractivity contribution in [1.82, 2.24) is 30.1 Å². The Morgan fingerprint density at radius 1 is 1.11 bits per heavy atom. The van der Waals surface area contributed by atoms with Crippen LogP contribution in [0.5, 0.6) is 0 Å². The number of aromatic nitrogens is 3. The van der Waals surface area contributed by atoms with E-state index in [2.05, 4.69) is 32.0 Å². The highest BCUT2D eigenvalue weighted by Crippen LogP contribution is 2.38. The zero-order valence-corrected chi connectivity index (χ0v) is 25.3. The molecule has 0 bridgehead atoms. The normalized spacial score (nSPS) is 14.3. The first-order valence-corrected chi connectivity index (χ1v) is 14.6. The van der Waals surface area contributed by atoms with Crippen LogP contribution in [0.3, 0.4) is 0 Å². The third-order valence-corrected chi connectivity index (χ3v) is 7.69. The van der Waals surface area contributed by atoms with Crippen LogP contribution in [0.2, 0.25) is 5.02 Å². The van der Waals surface area contributed by atoms with Gasteiger partial charge in [0.2, 0.25) is 5.91 Å². The van der Waals surface area contributed by atoms with E-state index in [9.17, 15) is 9.59 Å². The van der Waals surface area contributed by atoms with Crippen molar-refractivity contribution in [2.75, 3.05) is 31.5 Å². The maximum atomic E-state index is 12.0. The molecule has 2 aromatic heterocycles. The van der Waals surface area contributed by atoms with Crippen LogP contribution in [0.1, 0.15) is 46.6 Å². The summed E-state index contributed by atoms with van der Waals surface area (Å²) in [7, 11) is 1.92. The van der Waals surface area contributed by atoms with E-state index >= 15 is 0 Å². The van der Waals surface area contributed by atoms with Gasteiger partial charge in [-0.2, -0.15) is 5.26 Å². The summed E-state index contributed by atoms with van der Waals surface area (Å²) in [5.74, 6) is -0.110. The van der Waals surface area contributed by atoms with Crippen molar-refractivity contribution in [3.8, 4) is 6.07 Å². The van der Waals surface area contributed by atoms with Gasteiger partial charge < -0.3 is 25.4 Å². The highest BCUT2D eigenvalue weighted by molar-refractivity contribution is 6.30. The Bertz CT molecular complexity index is 1720. The Morgan fingerprint density at radius 3 is 2.57 bits per heavy atom. The molecule has 1 unspecified atom stereocenters. The fraction of sp³-hybridized carbons (Fsp3) is 0.242. The second-order valence-electron chi connectivity index (χ2n) is 10.5. The van der Waals surface area contributed by atoms with Crippen LogP contribution in [-0.2, 0) is 18.3 Å². The van der Waals surface area contributed by atoms with Gasteiger partial charge in [-0.3, -0.25) is 9.78 Å². The van der Waals surface area contributed by atoms with E-state index in [0.29, 0.717) is 22.7 Å². The fourth-order valence-electron chi connectivity index (χ4n) is 5.22. The van der Waals surface area contributed by atoms with Gasteiger partial charge >= 0.3 is 6.03 Å². The molecule has 1 fully saturated rings. The number of hydrogen-bond donors (Lipinski definition) is 3. The molecule has 44 heavy (non-hydrogen) atoms. The first-order chi connectivity index (χ1) is 21.3. The number of nitriles is 1. The fourth-order valence-corrected chi connectivity index (χ4v) is 5.40. The van der Waals surface area contributed by atoms with Crippen molar-refractivity contribution < 1.29 is 9.59 Å². The molecule has 0 saturated carbocycles. The number of carbonyl (C=O) groups excluding carboxylic acids is 2. The Morgan fingerprint density at radius 2 is 1.89 bits per heavy atom. The van der Waals surface area contributed by atoms with Crippen molar-refractivity contribution in [2.45, 2.75) is 19.4 Å². The van der Waals surface area contributed by atoms with Crippen LogP contribution in [0.4, 0.5) is 10.5 Å². The number of imidazole rings is 1. The maximum absolute atomic E-state index is 12.0. The molecule has 224 valence electrons. The quantitative estimate of drug-likeness (QED) is 0.306. The van der Waals surface area contributed by atoms with Gasteiger partial charge in [0.05, 0.1) is 41.6 Å². The number of nitrogens with zero attached hydrogens (tertiary/aromatic N) is 5. The number of benzene rings is 2. The van der Waals surface area contributed by atoms with Crippen LogP contribution in [0.15, 0.2) is 73.3 Å². The van der Waals surface area contributed by atoms with Crippen LogP contribution < -0.4 is 16.0 Å². The van der Waals surface area contributed by atoms with E-state index in [0.717, 1.165) is 59.8 Å². The van der Waals surface area contributed by atoms with Gasteiger partial charge in [0.25, 0.3) is 0 Å². The maximum Gasteiger partial charge on any atom is 0.321 e. The van der Waals surface area contributed by atoms with E-state index in [-0.39, 0.29) is 18.0 Å². The number of carbonyl (C=O) groups is 2. The molecule has 11 heteroatoms. The molecule has 6 rings (SSSR count). The predicted molar refractivity (Wildman–Crippen MR) is 171 cm³/mol. The highest BCUT2D eigenvalue weighted by atomic mass is 35.5. The number of urea groups is 1. The lowest BCUT2D eigenvalue weighted by Crippen LogP contribution is -2.48. The number of amides is 3. The van der Waals surface area contributed by atoms with Gasteiger partial charge in [0.1, 0.15) is 0 Å². The summed E-state index contributed by atoms with van der Waals surface area (Å²) in [5.41, 5.74) is 7.35. The number of anilines is 1. The van der Waals surface area contributed by atoms with Crippen LogP contribution >= 0.6 is 11.6 Å². The van der Waals surface area contributed by atoms with Crippen molar-refractivity contribution in [2.24, 2.45) is 7.05 Å². The standard InChI is InChI=1S/C21H19ClN4O.C12H14N4O/c1-13(27)25-21(20-11-23-12-26(20)2)18-8-15-4-3-7-24-19(15)9-14-5-6-16(22)10-17(14)18;13-9-10-1-3-11(4-2-10)15-12(17)16-7-5-14-6-8-16/h3-8,10-12,21H,9H2,1-2H3,(H,25,27);1-4,14H,5-8H2,(H,15,17). The largest absolute Gasteiger partial charge is 0.344 e. The average molecular weight is 609 g/mol. The Balaban J connectivity index is 0.000000195.